The van der Waals surface area contributed by atoms with Gasteiger partial charge in [0.1, 0.15) is 4.90 Å². The Morgan fingerprint density at radius 3 is 2.26 bits per heavy atom. The Labute approximate surface area is 118 Å². The first-order chi connectivity index (χ1) is 8.91. The summed E-state index contributed by atoms with van der Waals surface area (Å²) >= 11 is 5.57. The molecular formula is C11H17ClN4O2S. The van der Waals surface area contributed by atoms with Crippen molar-refractivity contribution >= 4 is 21.6 Å². The van der Waals surface area contributed by atoms with E-state index >= 15 is 0 Å². The summed E-state index contributed by atoms with van der Waals surface area (Å²) in [5.74, 6) is 0. The van der Waals surface area contributed by atoms with E-state index in [2.05, 4.69) is 14.9 Å². The van der Waals surface area contributed by atoms with E-state index in [0.29, 0.717) is 19.1 Å². The molecule has 19 heavy (non-hydrogen) atoms. The van der Waals surface area contributed by atoms with Gasteiger partial charge in [0, 0.05) is 19.1 Å². The third-order valence-corrected chi connectivity index (χ3v) is 5.43. The molecule has 0 N–H and O–H groups in total. The van der Waals surface area contributed by atoms with E-state index in [9.17, 15) is 8.42 Å². The van der Waals surface area contributed by atoms with E-state index in [4.69, 9.17) is 11.6 Å². The van der Waals surface area contributed by atoms with Crippen LogP contribution >= 0.6 is 11.6 Å². The van der Waals surface area contributed by atoms with E-state index in [1.165, 1.54) is 16.7 Å². The highest BCUT2D eigenvalue weighted by atomic mass is 35.5. The van der Waals surface area contributed by atoms with Gasteiger partial charge in [-0.25, -0.2) is 18.4 Å². The predicted octanol–water partition coefficient (Wildman–Crippen LogP) is 0.845. The van der Waals surface area contributed by atoms with E-state index in [-0.39, 0.29) is 10.2 Å². The van der Waals surface area contributed by atoms with Gasteiger partial charge in [-0.05, 0) is 38.5 Å². The average Bonchev–Trinajstić information content (AvgIpc) is 2.39. The molecule has 0 saturated carbocycles. The third kappa shape index (κ3) is 3.22. The second kappa shape index (κ2) is 5.70. The molecule has 106 valence electrons. The van der Waals surface area contributed by atoms with Crippen molar-refractivity contribution in [3.63, 3.8) is 0 Å². The van der Waals surface area contributed by atoms with Gasteiger partial charge in [0.05, 0.1) is 12.4 Å². The van der Waals surface area contributed by atoms with Gasteiger partial charge in [0.15, 0.2) is 0 Å². The normalized spacial score (nSPS) is 18.9. The summed E-state index contributed by atoms with van der Waals surface area (Å²) in [6, 6.07) is 0.438. The van der Waals surface area contributed by atoms with Gasteiger partial charge in [-0.1, -0.05) is 0 Å². The maximum Gasteiger partial charge on any atom is 0.246 e. The number of piperidine rings is 1. The van der Waals surface area contributed by atoms with Gasteiger partial charge < -0.3 is 4.90 Å². The second-order valence-corrected chi connectivity index (χ2v) is 7.06. The van der Waals surface area contributed by atoms with Crippen molar-refractivity contribution in [2.24, 2.45) is 0 Å². The van der Waals surface area contributed by atoms with Crippen LogP contribution in [0, 0.1) is 0 Å². The van der Waals surface area contributed by atoms with Gasteiger partial charge in [0.2, 0.25) is 15.3 Å². The molecule has 0 amide bonds. The molecule has 0 aromatic carbocycles. The largest absolute Gasteiger partial charge is 0.306 e. The number of nitrogens with zero attached hydrogens (tertiary/aromatic N) is 4. The van der Waals surface area contributed by atoms with Crippen LogP contribution in [0.4, 0.5) is 0 Å². The van der Waals surface area contributed by atoms with Crippen molar-refractivity contribution in [3.8, 4) is 0 Å². The number of hydrogen-bond donors (Lipinski definition) is 0. The molecule has 0 atom stereocenters. The highest BCUT2D eigenvalue weighted by Crippen LogP contribution is 2.21. The Balaban J connectivity index is 2.12. The van der Waals surface area contributed by atoms with Crippen LogP contribution in [0.1, 0.15) is 12.8 Å². The summed E-state index contributed by atoms with van der Waals surface area (Å²) in [7, 11) is 0.535. The van der Waals surface area contributed by atoms with Crippen LogP contribution in [0.5, 0.6) is 0 Å². The molecule has 0 radical (unpaired) electrons. The molecule has 6 nitrogen and oxygen atoms in total. The number of sulfonamides is 1. The number of aromatic nitrogens is 2. The molecule has 1 fully saturated rings. The minimum absolute atomic E-state index is 0.0465. The Morgan fingerprint density at radius 1 is 1.26 bits per heavy atom. The first-order valence-electron chi connectivity index (χ1n) is 6.05. The fourth-order valence-electron chi connectivity index (χ4n) is 2.18. The van der Waals surface area contributed by atoms with Gasteiger partial charge >= 0.3 is 0 Å². The standard InChI is InChI=1S/C11H17ClN4O2S/c1-15(2)9-3-5-16(6-4-9)19(17,18)10-7-13-11(12)14-8-10/h7-9H,3-6H2,1-2H3. The lowest BCUT2D eigenvalue weighted by molar-refractivity contribution is 0.196. The molecule has 8 heteroatoms. The molecule has 1 saturated heterocycles. The fraction of sp³-hybridized carbons (Fsp3) is 0.636. The summed E-state index contributed by atoms with van der Waals surface area (Å²) in [5, 5.41) is 0.0465. The lowest BCUT2D eigenvalue weighted by Gasteiger charge is -2.34. The molecule has 0 aliphatic carbocycles. The Kier molecular flexibility index (Phi) is 4.39. The van der Waals surface area contributed by atoms with E-state index < -0.39 is 10.0 Å². The quantitative estimate of drug-likeness (QED) is 0.774. The maximum atomic E-state index is 12.4. The van der Waals surface area contributed by atoms with Crippen molar-refractivity contribution in [3.05, 3.63) is 17.7 Å². The average molecular weight is 305 g/mol. The van der Waals surface area contributed by atoms with Gasteiger partial charge in [-0.15, -0.1) is 0 Å². The van der Waals surface area contributed by atoms with E-state index in [0.717, 1.165) is 12.8 Å². The predicted molar refractivity (Wildman–Crippen MR) is 72.5 cm³/mol. The number of rotatable bonds is 3. The fourth-order valence-corrected chi connectivity index (χ4v) is 3.64. The summed E-state index contributed by atoms with van der Waals surface area (Å²) in [6.07, 6.45) is 4.17. The molecular weight excluding hydrogens is 288 g/mol. The van der Waals surface area contributed by atoms with E-state index in [1.54, 1.807) is 0 Å². The molecule has 1 aromatic heterocycles. The van der Waals surface area contributed by atoms with Crippen molar-refractivity contribution in [2.75, 3.05) is 27.2 Å². The molecule has 2 rings (SSSR count). The van der Waals surface area contributed by atoms with Crippen LogP contribution in [0.2, 0.25) is 5.28 Å². The van der Waals surface area contributed by atoms with Crippen molar-refractivity contribution in [2.45, 2.75) is 23.8 Å². The monoisotopic (exact) mass is 304 g/mol. The molecule has 1 aliphatic heterocycles. The van der Waals surface area contributed by atoms with Gasteiger partial charge in [0.25, 0.3) is 0 Å². The maximum absolute atomic E-state index is 12.4. The molecule has 0 bridgehead atoms. The zero-order chi connectivity index (χ0) is 14.0. The highest BCUT2D eigenvalue weighted by molar-refractivity contribution is 7.89. The Hall–Kier alpha value is -0.760. The van der Waals surface area contributed by atoms with Crippen LogP contribution < -0.4 is 0 Å². The Bertz CT molecular complexity index is 524. The zero-order valence-corrected chi connectivity index (χ0v) is 12.5. The highest BCUT2D eigenvalue weighted by Gasteiger charge is 2.30. The zero-order valence-electron chi connectivity index (χ0n) is 11.0. The lowest BCUT2D eigenvalue weighted by Crippen LogP contribution is -2.44. The van der Waals surface area contributed by atoms with Crippen molar-refractivity contribution < 1.29 is 8.42 Å². The summed E-state index contributed by atoms with van der Waals surface area (Å²) < 4.78 is 26.2. The van der Waals surface area contributed by atoms with Crippen LogP contribution in [0.25, 0.3) is 0 Å². The Morgan fingerprint density at radius 2 is 1.79 bits per heavy atom. The van der Waals surface area contributed by atoms with Crippen LogP contribution in [-0.4, -0.2) is 60.8 Å². The lowest BCUT2D eigenvalue weighted by atomic mass is 10.1. The minimum atomic E-state index is -3.50. The summed E-state index contributed by atoms with van der Waals surface area (Å²) in [4.78, 5) is 9.68. The minimum Gasteiger partial charge on any atom is -0.306 e. The smallest absolute Gasteiger partial charge is 0.246 e. The molecule has 0 unspecified atom stereocenters. The van der Waals surface area contributed by atoms with Crippen LogP contribution in [0.3, 0.4) is 0 Å². The second-order valence-electron chi connectivity index (χ2n) is 4.79. The SMILES string of the molecule is CN(C)C1CCN(S(=O)(=O)c2cnc(Cl)nc2)CC1. The first kappa shape index (κ1) is 14.6. The molecule has 2 heterocycles. The van der Waals surface area contributed by atoms with Crippen LogP contribution in [0.15, 0.2) is 17.3 Å². The van der Waals surface area contributed by atoms with Gasteiger partial charge in [-0.2, -0.15) is 4.31 Å². The molecule has 1 aliphatic rings. The van der Waals surface area contributed by atoms with Crippen molar-refractivity contribution in [1.82, 2.24) is 19.2 Å². The van der Waals surface area contributed by atoms with Gasteiger partial charge in [-0.3, -0.25) is 0 Å². The topological polar surface area (TPSA) is 66.4 Å². The molecule has 0 spiro atoms. The summed E-state index contributed by atoms with van der Waals surface area (Å²) in [5.41, 5.74) is 0. The number of hydrogen-bond acceptors (Lipinski definition) is 5. The number of halogens is 1. The van der Waals surface area contributed by atoms with Crippen molar-refractivity contribution in [1.29, 1.82) is 0 Å². The van der Waals surface area contributed by atoms with E-state index in [1.807, 2.05) is 14.1 Å². The van der Waals surface area contributed by atoms with Crippen LogP contribution in [-0.2, 0) is 10.0 Å². The third-order valence-electron chi connectivity index (χ3n) is 3.39. The summed E-state index contributed by atoms with van der Waals surface area (Å²) in [6.45, 7) is 1.04. The molecule has 1 aromatic rings. The first-order valence-corrected chi connectivity index (χ1v) is 7.87.